The highest BCUT2D eigenvalue weighted by Crippen LogP contribution is 2.28. The van der Waals surface area contributed by atoms with Crippen LogP contribution in [0.3, 0.4) is 0 Å². The number of rotatable bonds is 3. The van der Waals surface area contributed by atoms with Crippen LogP contribution in [0.25, 0.3) is 0 Å². The van der Waals surface area contributed by atoms with Crippen molar-refractivity contribution in [1.82, 2.24) is 10.2 Å². The van der Waals surface area contributed by atoms with Crippen LogP contribution < -0.4 is 15.2 Å². The fourth-order valence-corrected chi connectivity index (χ4v) is 2.88. The van der Waals surface area contributed by atoms with Crippen LogP contribution in [-0.4, -0.2) is 36.2 Å². The van der Waals surface area contributed by atoms with Crippen LogP contribution in [-0.2, 0) is 12.7 Å². The molecule has 0 unspecified atom stereocenters. The fourth-order valence-electron chi connectivity index (χ4n) is 2.63. The minimum Gasteiger partial charge on any atom is -0.467 e. The summed E-state index contributed by atoms with van der Waals surface area (Å²) < 4.78 is 43.1. The molecule has 0 spiro atoms. The van der Waals surface area contributed by atoms with Crippen LogP contribution in [0.4, 0.5) is 19.0 Å². The SMILES string of the molecule is FC(F)(F)c1ccc(N2CCN(C(=S)NCc3ccco3)CC2)[nH+]c1. The predicted molar refractivity (Wildman–Crippen MR) is 89.9 cm³/mol. The first kappa shape index (κ1) is 17.5. The summed E-state index contributed by atoms with van der Waals surface area (Å²) >= 11 is 5.38. The average Bonchev–Trinajstić information content (AvgIpc) is 3.13. The van der Waals surface area contributed by atoms with Crippen LogP contribution in [0.1, 0.15) is 11.3 Å². The monoisotopic (exact) mass is 371 g/mol. The van der Waals surface area contributed by atoms with Crippen molar-refractivity contribution in [3.63, 3.8) is 0 Å². The number of hydrogen-bond donors (Lipinski definition) is 1. The molecule has 1 saturated heterocycles. The Kier molecular flexibility index (Phi) is 5.12. The molecule has 0 saturated carbocycles. The third kappa shape index (κ3) is 4.41. The van der Waals surface area contributed by atoms with Crippen molar-refractivity contribution in [3.8, 4) is 0 Å². The minimum atomic E-state index is -4.33. The van der Waals surface area contributed by atoms with Crippen molar-refractivity contribution in [1.29, 1.82) is 0 Å². The molecule has 2 aromatic rings. The van der Waals surface area contributed by atoms with Gasteiger partial charge in [0.25, 0.3) is 5.82 Å². The molecule has 134 valence electrons. The van der Waals surface area contributed by atoms with Gasteiger partial charge in [-0.2, -0.15) is 13.2 Å². The highest BCUT2D eigenvalue weighted by molar-refractivity contribution is 7.80. The van der Waals surface area contributed by atoms with E-state index in [1.165, 1.54) is 6.07 Å². The number of aromatic nitrogens is 1. The number of pyridine rings is 1. The Morgan fingerprint density at radius 1 is 1.20 bits per heavy atom. The molecule has 3 rings (SSSR count). The number of nitrogens with zero attached hydrogens (tertiary/aromatic N) is 2. The summed E-state index contributed by atoms with van der Waals surface area (Å²) in [7, 11) is 0. The van der Waals surface area contributed by atoms with Gasteiger partial charge in [-0.05, 0) is 30.4 Å². The molecule has 0 bridgehead atoms. The van der Waals surface area contributed by atoms with Gasteiger partial charge in [-0.3, -0.25) is 4.90 Å². The summed E-state index contributed by atoms with van der Waals surface area (Å²) in [5, 5.41) is 3.79. The lowest BCUT2D eigenvalue weighted by atomic mass is 10.2. The molecule has 3 heterocycles. The molecule has 0 aliphatic carbocycles. The van der Waals surface area contributed by atoms with Gasteiger partial charge in [0.2, 0.25) is 0 Å². The number of H-pyrrole nitrogens is 1. The van der Waals surface area contributed by atoms with Gasteiger partial charge in [0.15, 0.2) is 5.11 Å². The zero-order valence-electron chi connectivity index (χ0n) is 13.3. The van der Waals surface area contributed by atoms with Crippen molar-refractivity contribution in [2.45, 2.75) is 12.7 Å². The molecule has 2 aromatic heterocycles. The van der Waals surface area contributed by atoms with Gasteiger partial charge in [0, 0.05) is 6.07 Å². The molecule has 0 atom stereocenters. The van der Waals surface area contributed by atoms with Gasteiger partial charge in [-0.25, -0.2) is 4.98 Å². The van der Waals surface area contributed by atoms with Gasteiger partial charge in [0.05, 0.1) is 31.5 Å². The Hall–Kier alpha value is -2.29. The van der Waals surface area contributed by atoms with Crippen molar-refractivity contribution < 1.29 is 22.6 Å². The lowest BCUT2D eigenvalue weighted by Crippen LogP contribution is -2.52. The first-order valence-electron chi connectivity index (χ1n) is 7.82. The van der Waals surface area contributed by atoms with Crippen molar-refractivity contribution in [2.24, 2.45) is 0 Å². The van der Waals surface area contributed by atoms with E-state index in [-0.39, 0.29) is 0 Å². The second-order valence-electron chi connectivity index (χ2n) is 5.67. The van der Waals surface area contributed by atoms with E-state index in [4.69, 9.17) is 16.6 Å². The lowest BCUT2D eigenvalue weighted by Gasteiger charge is -2.32. The van der Waals surface area contributed by atoms with E-state index in [9.17, 15) is 13.2 Å². The second kappa shape index (κ2) is 7.30. The number of aromatic amines is 1. The van der Waals surface area contributed by atoms with Gasteiger partial charge in [0.1, 0.15) is 25.0 Å². The van der Waals surface area contributed by atoms with Gasteiger partial charge in [-0.15, -0.1) is 0 Å². The summed E-state index contributed by atoms with van der Waals surface area (Å²) in [6.45, 7) is 3.26. The standard InChI is InChI=1S/C16H17F3N4OS/c17-16(18,19)12-3-4-14(20-10-12)22-5-7-23(8-6-22)15(25)21-11-13-2-1-9-24-13/h1-4,9-10H,5-8,11H2,(H,21,25)/p+1. The lowest BCUT2D eigenvalue weighted by molar-refractivity contribution is -0.367. The molecular formula is C16H18F3N4OS+. The van der Waals surface area contributed by atoms with Crippen LogP contribution in [0.15, 0.2) is 41.1 Å². The smallest absolute Gasteiger partial charge is 0.419 e. The Bertz CT molecular complexity index is 695. The number of halogens is 3. The zero-order chi connectivity index (χ0) is 17.9. The molecule has 0 aromatic carbocycles. The van der Waals surface area contributed by atoms with E-state index in [1.807, 2.05) is 21.9 Å². The highest BCUT2D eigenvalue weighted by atomic mass is 32.1. The van der Waals surface area contributed by atoms with E-state index < -0.39 is 11.7 Å². The molecule has 1 fully saturated rings. The van der Waals surface area contributed by atoms with Crippen LogP contribution >= 0.6 is 12.2 Å². The number of piperazine rings is 1. The first-order chi connectivity index (χ1) is 11.9. The van der Waals surface area contributed by atoms with Crippen molar-refractivity contribution in [3.05, 3.63) is 48.0 Å². The molecule has 2 N–H and O–H groups in total. The molecule has 0 radical (unpaired) electrons. The number of alkyl halides is 3. The maximum absolute atomic E-state index is 12.6. The Morgan fingerprint density at radius 2 is 1.96 bits per heavy atom. The molecule has 1 aliphatic heterocycles. The number of nitrogens with one attached hydrogen (secondary N) is 2. The highest BCUT2D eigenvalue weighted by Gasteiger charge is 2.32. The Labute approximate surface area is 148 Å². The number of anilines is 1. The van der Waals surface area contributed by atoms with Gasteiger partial charge >= 0.3 is 6.18 Å². The summed E-state index contributed by atoms with van der Waals surface area (Å²) in [5.74, 6) is 1.47. The number of hydrogen-bond acceptors (Lipinski definition) is 3. The third-order valence-corrected chi connectivity index (χ3v) is 4.43. The van der Waals surface area contributed by atoms with Gasteiger partial charge in [-0.1, -0.05) is 0 Å². The fraction of sp³-hybridized carbons (Fsp3) is 0.375. The van der Waals surface area contributed by atoms with Gasteiger partial charge < -0.3 is 14.6 Å². The average molecular weight is 371 g/mol. The number of thiocarbonyl (C=S) groups is 1. The van der Waals surface area contributed by atoms with Crippen LogP contribution in [0, 0.1) is 0 Å². The van der Waals surface area contributed by atoms with Crippen molar-refractivity contribution in [2.75, 3.05) is 31.1 Å². The molecule has 9 heteroatoms. The molecule has 1 aliphatic rings. The number of furan rings is 1. The normalized spacial score (nSPS) is 15.3. The van der Waals surface area contributed by atoms with Crippen molar-refractivity contribution >= 4 is 23.1 Å². The second-order valence-corrected chi connectivity index (χ2v) is 6.06. The van der Waals surface area contributed by atoms with Crippen LogP contribution in [0.5, 0.6) is 0 Å². The van der Waals surface area contributed by atoms with E-state index >= 15 is 0 Å². The molecule has 5 nitrogen and oxygen atoms in total. The molecular weight excluding hydrogens is 353 g/mol. The van der Waals surface area contributed by atoms with Crippen LogP contribution in [0.2, 0.25) is 0 Å². The Balaban J connectivity index is 1.50. The van der Waals surface area contributed by atoms with E-state index in [0.717, 1.165) is 18.0 Å². The maximum Gasteiger partial charge on any atom is 0.419 e. The quantitative estimate of drug-likeness (QED) is 0.839. The summed E-state index contributed by atoms with van der Waals surface area (Å²) in [6, 6.07) is 6.24. The molecule has 0 amide bonds. The predicted octanol–water partition coefficient (Wildman–Crippen LogP) is 2.31. The summed E-state index contributed by atoms with van der Waals surface area (Å²) in [4.78, 5) is 6.77. The van der Waals surface area contributed by atoms with E-state index in [1.54, 1.807) is 6.26 Å². The third-order valence-electron chi connectivity index (χ3n) is 4.03. The minimum absolute atomic E-state index is 0.527. The molecule has 25 heavy (non-hydrogen) atoms. The summed E-state index contributed by atoms with van der Waals surface area (Å²) in [6.07, 6.45) is -1.73. The zero-order valence-corrected chi connectivity index (χ0v) is 14.2. The first-order valence-corrected chi connectivity index (χ1v) is 8.23. The van der Waals surface area contributed by atoms with E-state index in [2.05, 4.69) is 10.3 Å². The summed E-state index contributed by atoms with van der Waals surface area (Å²) in [5.41, 5.74) is -0.682. The largest absolute Gasteiger partial charge is 0.467 e. The van der Waals surface area contributed by atoms with E-state index in [0.29, 0.717) is 43.7 Å². The topological polar surface area (TPSA) is 45.8 Å². The Morgan fingerprint density at radius 3 is 2.52 bits per heavy atom. The maximum atomic E-state index is 12.6.